The third kappa shape index (κ3) is 3.47. The molecule has 0 fully saturated rings. The van der Waals surface area contributed by atoms with Crippen molar-refractivity contribution in [2.75, 3.05) is 5.32 Å². The fourth-order valence-electron chi connectivity index (χ4n) is 1.62. The zero-order valence-electron chi connectivity index (χ0n) is 10.6. The van der Waals surface area contributed by atoms with Crippen LogP contribution < -0.4 is 5.32 Å². The molecule has 98 valence electrons. The van der Waals surface area contributed by atoms with E-state index in [1.807, 2.05) is 6.07 Å². The fourth-order valence-corrected chi connectivity index (χ4v) is 1.62. The molecule has 0 heterocycles. The summed E-state index contributed by atoms with van der Waals surface area (Å²) in [7, 11) is 0. The van der Waals surface area contributed by atoms with Crippen molar-refractivity contribution in [3.8, 4) is 11.8 Å². The maximum Gasteiger partial charge on any atom is 0.248 e. The van der Waals surface area contributed by atoms with E-state index in [0.29, 0.717) is 11.3 Å². The van der Waals surface area contributed by atoms with Crippen LogP contribution in [0.15, 0.2) is 54.6 Å². The van der Waals surface area contributed by atoms with Crippen LogP contribution in [0.3, 0.4) is 0 Å². The Kier molecular flexibility index (Phi) is 4.15. The molecule has 4 heteroatoms. The van der Waals surface area contributed by atoms with E-state index in [4.69, 9.17) is 10.4 Å². The molecule has 0 aliphatic carbocycles. The molecule has 0 aliphatic heterocycles. The van der Waals surface area contributed by atoms with E-state index in [0.717, 1.165) is 5.56 Å². The van der Waals surface area contributed by atoms with Crippen molar-refractivity contribution in [1.82, 2.24) is 0 Å². The number of para-hydroxylation sites is 1. The lowest BCUT2D eigenvalue weighted by Crippen LogP contribution is -2.08. The molecule has 0 unspecified atom stereocenters. The summed E-state index contributed by atoms with van der Waals surface area (Å²) in [4.78, 5) is 11.8. The summed E-state index contributed by atoms with van der Waals surface area (Å²) in [5.74, 6) is -0.143. The molecule has 2 rings (SSSR count). The van der Waals surface area contributed by atoms with Crippen LogP contribution >= 0.6 is 0 Å². The number of phenols is 1. The lowest BCUT2D eigenvalue weighted by atomic mass is 10.2. The second-order valence-corrected chi connectivity index (χ2v) is 4.07. The van der Waals surface area contributed by atoms with Crippen LogP contribution in [0, 0.1) is 11.3 Å². The normalized spacial score (nSPS) is 10.2. The van der Waals surface area contributed by atoms with Crippen LogP contribution in [0.4, 0.5) is 5.69 Å². The van der Waals surface area contributed by atoms with Crippen LogP contribution in [-0.4, -0.2) is 11.0 Å². The van der Waals surface area contributed by atoms with Gasteiger partial charge < -0.3 is 10.4 Å². The van der Waals surface area contributed by atoms with Crippen molar-refractivity contribution in [3.63, 3.8) is 0 Å². The van der Waals surface area contributed by atoms with Crippen LogP contribution in [0.5, 0.6) is 5.75 Å². The van der Waals surface area contributed by atoms with Gasteiger partial charge in [-0.2, -0.15) is 5.26 Å². The second-order valence-electron chi connectivity index (χ2n) is 4.07. The van der Waals surface area contributed by atoms with Crippen LogP contribution in [-0.2, 0) is 4.79 Å². The van der Waals surface area contributed by atoms with Gasteiger partial charge in [-0.25, -0.2) is 0 Å². The van der Waals surface area contributed by atoms with Crippen molar-refractivity contribution >= 4 is 17.7 Å². The largest absolute Gasteiger partial charge is 0.508 e. The molecule has 2 aromatic carbocycles. The molecular weight excluding hydrogens is 252 g/mol. The molecule has 0 aromatic heterocycles. The Morgan fingerprint density at radius 2 is 1.85 bits per heavy atom. The molecule has 0 bridgehead atoms. The predicted octanol–water partition coefficient (Wildman–Crippen LogP) is 2.92. The van der Waals surface area contributed by atoms with Gasteiger partial charge in [0.25, 0.3) is 0 Å². The Balaban J connectivity index is 2.06. The monoisotopic (exact) mass is 264 g/mol. The Bertz CT molecular complexity index is 682. The van der Waals surface area contributed by atoms with Gasteiger partial charge in [-0.05, 0) is 35.9 Å². The molecule has 4 nitrogen and oxygen atoms in total. The van der Waals surface area contributed by atoms with E-state index in [9.17, 15) is 4.79 Å². The molecule has 0 atom stereocenters. The van der Waals surface area contributed by atoms with Gasteiger partial charge in [0, 0.05) is 6.08 Å². The highest BCUT2D eigenvalue weighted by Crippen LogP contribution is 2.14. The van der Waals surface area contributed by atoms with E-state index in [1.54, 1.807) is 54.6 Å². The minimum absolute atomic E-state index is 0.176. The summed E-state index contributed by atoms with van der Waals surface area (Å²) in [6.07, 6.45) is 3.00. The maximum absolute atomic E-state index is 11.8. The molecule has 0 spiro atoms. The summed E-state index contributed by atoms with van der Waals surface area (Å²) >= 11 is 0. The molecule has 0 saturated heterocycles. The number of carbonyl (C=O) groups excluding carboxylic acids is 1. The molecule has 2 aromatic rings. The van der Waals surface area contributed by atoms with Gasteiger partial charge in [0.1, 0.15) is 11.8 Å². The second kappa shape index (κ2) is 6.21. The number of hydrogen-bond donors (Lipinski definition) is 2. The first-order chi connectivity index (χ1) is 9.69. The van der Waals surface area contributed by atoms with Gasteiger partial charge in [0.05, 0.1) is 11.3 Å². The van der Waals surface area contributed by atoms with Crippen LogP contribution in [0.25, 0.3) is 6.08 Å². The minimum Gasteiger partial charge on any atom is -0.508 e. The average molecular weight is 264 g/mol. The number of phenolic OH excluding ortho intramolecular Hbond substituents is 1. The van der Waals surface area contributed by atoms with Crippen molar-refractivity contribution in [2.24, 2.45) is 0 Å². The van der Waals surface area contributed by atoms with E-state index < -0.39 is 0 Å². The topological polar surface area (TPSA) is 73.1 Å². The van der Waals surface area contributed by atoms with Crippen molar-refractivity contribution in [1.29, 1.82) is 5.26 Å². The number of aromatic hydroxyl groups is 1. The van der Waals surface area contributed by atoms with Gasteiger partial charge in [0.2, 0.25) is 5.91 Å². The van der Waals surface area contributed by atoms with Crippen LogP contribution in [0.2, 0.25) is 0 Å². The molecule has 2 N–H and O–H groups in total. The van der Waals surface area contributed by atoms with Gasteiger partial charge in [-0.15, -0.1) is 0 Å². The first kappa shape index (κ1) is 13.4. The lowest BCUT2D eigenvalue weighted by molar-refractivity contribution is -0.111. The van der Waals surface area contributed by atoms with Crippen molar-refractivity contribution in [3.05, 3.63) is 65.7 Å². The number of nitrogens with zero attached hydrogens (tertiary/aromatic N) is 1. The minimum atomic E-state index is -0.319. The third-order valence-electron chi connectivity index (χ3n) is 2.63. The smallest absolute Gasteiger partial charge is 0.248 e. The average Bonchev–Trinajstić information content (AvgIpc) is 2.47. The highest BCUT2D eigenvalue weighted by molar-refractivity contribution is 6.02. The molecular formula is C16H12N2O2. The van der Waals surface area contributed by atoms with E-state index in [1.165, 1.54) is 6.08 Å². The first-order valence-electron chi connectivity index (χ1n) is 5.96. The molecule has 20 heavy (non-hydrogen) atoms. The standard InChI is InChI=1S/C16H12N2O2/c17-11-13-3-1-2-4-15(13)18-16(20)10-7-12-5-8-14(19)9-6-12/h1-10,19H,(H,18,20)/b10-7+. The van der Waals surface area contributed by atoms with E-state index in [-0.39, 0.29) is 11.7 Å². The lowest BCUT2D eigenvalue weighted by Gasteiger charge is -2.03. The Morgan fingerprint density at radius 1 is 1.15 bits per heavy atom. The summed E-state index contributed by atoms with van der Waals surface area (Å²) in [5, 5.41) is 20.7. The fraction of sp³-hybridized carbons (Fsp3) is 0. The zero-order chi connectivity index (χ0) is 14.4. The van der Waals surface area contributed by atoms with Gasteiger partial charge >= 0.3 is 0 Å². The van der Waals surface area contributed by atoms with Crippen LogP contribution in [0.1, 0.15) is 11.1 Å². The molecule has 0 radical (unpaired) electrons. The third-order valence-corrected chi connectivity index (χ3v) is 2.63. The summed E-state index contributed by atoms with van der Waals surface area (Å²) in [5.41, 5.74) is 1.70. The number of benzene rings is 2. The number of nitriles is 1. The highest BCUT2D eigenvalue weighted by atomic mass is 16.3. The maximum atomic E-state index is 11.8. The number of carbonyl (C=O) groups is 1. The number of nitrogens with one attached hydrogen (secondary N) is 1. The molecule has 1 amide bonds. The van der Waals surface area contributed by atoms with Crippen molar-refractivity contribution in [2.45, 2.75) is 0 Å². The number of anilines is 1. The number of hydrogen-bond acceptors (Lipinski definition) is 3. The quantitative estimate of drug-likeness (QED) is 0.837. The van der Waals surface area contributed by atoms with Gasteiger partial charge in [-0.1, -0.05) is 24.3 Å². The summed E-state index contributed by atoms with van der Waals surface area (Å²) in [6, 6.07) is 15.3. The van der Waals surface area contributed by atoms with Gasteiger partial charge in [0.15, 0.2) is 0 Å². The van der Waals surface area contributed by atoms with Gasteiger partial charge in [-0.3, -0.25) is 4.79 Å². The summed E-state index contributed by atoms with van der Waals surface area (Å²) in [6.45, 7) is 0. The molecule has 0 aliphatic rings. The first-order valence-corrected chi connectivity index (χ1v) is 5.96. The van der Waals surface area contributed by atoms with Crippen molar-refractivity contribution < 1.29 is 9.90 Å². The van der Waals surface area contributed by atoms with E-state index >= 15 is 0 Å². The Hall–Kier alpha value is -3.06. The molecule has 0 saturated carbocycles. The Labute approximate surface area is 116 Å². The predicted molar refractivity (Wildman–Crippen MR) is 76.9 cm³/mol. The highest BCUT2D eigenvalue weighted by Gasteiger charge is 2.02. The number of amides is 1. The number of rotatable bonds is 3. The van der Waals surface area contributed by atoms with E-state index in [2.05, 4.69) is 5.32 Å². The zero-order valence-corrected chi connectivity index (χ0v) is 10.6. The SMILES string of the molecule is N#Cc1ccccc1NC(=O)/C=C/c1ccc(O)cc1. The Morgan fingerprint density at radius 3 is 2.55 bits per heavy atom. The summed E-state index contributed by atoms with van der Waals surface area (Å²) < 4.78 is 0.